The maximum absolute atomic E-state index is 13.0. The third-order valence-corrected chi connectivity index (χ3v) is 4.16. The summed E-state index contributed by atoms with van der Waals surface area (Å²) < 4.78 is 3.57. The zero-order valence-electron chi connectivity index (χ0n) is 13.0. The van der Waals surface area contributed by atoms with E-state index in [2.05, 4.69) is 23.2 Å². The molecule has 0 aliphatic carbocycles. The second-order valence-corrected chi connectivity index (χ2v) is 5.56. The van der Waals surface area contributed by atoms with Crippen molar-refractivity contribution in [1.82, 2.24) is 19.2 Å². The number of aromatic nitrogens is 4. The summed E-state index contributed by atoms with van der Waals surface area (Å²) in [4.78, 5) is 13.0. The number of benzene rings is 2. The lowest BCUT2D eigenvalue weighted by molar-refractivity contribution is 0.959. The lowest BCUT2D eigenvalue weighted by Crippen LogP contribution is -2.22. The first-order chi connectivity index (χ1) is 11.2. The molecule has 0 bridgehead atoms. The van der Waals surface area contributed by atoms with Crippen LogP contribution >= 0.6 is 0 Å². The standard InChI is InChI=1S/C18H16N4O/c1-3-13-7-6-8-14(11-13)22-17(23)15-9-4-5-10-16(15)21-12(2)19-20-18(21)22/h4-11H,3H2,1-2H3. The number of hydrogen-bond donors (Lipinski definition) is 0. The van der Waals surface area contributed by atoms with Gasteiger partial charge in [-0.2, -0.15) is 0 Å². The van der Waals surface area contributed by atoms with Crippen molar-refractivity contribution in [1.29, 1.82) is 0 Å². The maximum atomic E-state index is 13.0. The van der Waals surface area contributed by atoms with Crippen molar-refractivity contribution in [2.24, 2.45) is 0 Å². The minimum Gasteiger partial charge on any atom is -0.268 e. The summed E-state index contributed by atoms with van der Waals surface area (Å²) in [6, 6.07) is 15.5. The van der Waals surface area contributed by atoms with Gasteiger partial charge in [0.05, 0.1) is 16.6 Å². The van der Waals surface area contributed by atoms with Gasteiger partial charge in [0.1, 0.15) is 5.82 Å². The van der Waals surface area contributed by atoms with E-state index in [1.165, 1.54) is 5.56 Å². The van der Waals surface area contributed by atoms with Crippen LogP contribution in [0.3, 0.4) is 0 Å². The van der Waals surface area contributed by atoms with Crippen LogP contribution in [-0.2, 0) is 6.42 Å². The fourth-order valence-electron chi connectivity index (χ4n) is 2.99. The first kappa shape index (κ1) is 13.7. The van der Waals surface area contributed by atoms with Crippen LogP contribution < -0.4 is 5.56 Å². The lowest BCUT2D eigenvalue weighted by Gasteiger charge is -2.11. The van der Waals surface area contributed by atoms with E-state index in [1.807, 2.05) is 53.8 Å². The zero-order valence-corrected chi connectivity index (χ0v) is 13.0. The first-order valence-electron chi connectivity index (χ1n) is 7.65. The Balaban J connectivity index is 2.21. The molecule has 2 aromatic heterocycles. The summed E-state index contributed by atoms with van der Waals surface area (Å²) in [6.07, 6.45) is 0.915. The Labute approximate surface area is 132 Å². The number of aryl methyl sites for hydroxylation is 2. The average molecular weight is 304 g/mol. The van der Waals surface area contributed by atoms with Crippen molar-refractivity contribution in [3.05, 3.63) is 70.3 Å². The molecule has 2 heterocycles. The van der Waals surface area contributed by atoms with Crippen LogP contribution in [0.2, 0.25) is 0 Å². The molecular formula is C18H16N4O. The molecule has 0 aliphatic rings. The van der Waals surface area contributed by atoms with E-state index < -0.39 is 0 Å². The molecule has 0 spiro atoms. The van der Waals surface area contributed by atoms with E-state index in [1.54, 1.807) is 4.57 Å². The summed E-state index contributed by atoms with van der Waals surface area (Å²) in [5.41, 5.74) is 2.75. The van der Waals surface area contributed by atoms with Crippen LogP contribution in [0.1, 0.15) is 18.3 Å². The van der Waals surface area contributed by atoms with Crippen molar-refractivity contribution in [2.45, 2.75) is 20.3 Å². The van der Waals surface area contributed by atoms with E-state index in [4.69, 9.17) is 0 Å². The Morgan fingerprint density at radius 1 is 1.04 bits per heavy atom. The molecule has 4 aromatic rings. The molecule has 2 aromatic carbocycles. The number of fused-ring (bicyclic) bond motifs is 3. The van der Waals surface area contributed by atoms with Gasteiger partial charge in [-0.05, 0) is 43.2 Å². The summed E-state index contributed by atoms with van der Waals surface area (Å²) in [5.74, 6) is 1.30. The predicted molar refractivity (Wildman–Crippen MR) is 90.2 cm³/mol. The van der Waals surface area contributed by atoms with Crippen molar-refractivity contribution in [3.8, 4) is 5.69 Å². The van der Waals surface area contributed by atoms with E-state index in [0.29, 0.717) is 11.2 Å². The van der Waals surface area contributed by atoms with Crippen molar-refractivity contribution in [3.63, 3.8) is 0 Å². The van der Waals surface area contributed by atoms with Crippen LogP contribution in [0.15, 0.2) is 53.3 Å². The van der Waals surface area contributed by atoms with E-state index in [0.717, 1.165) is 23.4 Å². The molecule has 0 atom stereocenters. The highest BCUT2D eigenvalue weighted by Crippen LogP contribution is 2.18. The van der Waals surface area contributed by atoms with Crippen molar-refractivity contribution in [2.75, 3.05) is 0 Å². The van der Waals surface area contributed by atoms with Gasteiger partial charge in [0.25, 0.3) is 5.56 Å². The third-order valence-electron chi connectivity index (χ3n) is 4.16. The molecule has 5 heteroatoms. The molecule has 0 amide bonds. The van der Waals surface area contributed by atoms with Gasteiger partial charge in [-0.1, -0.05) is 31.2 Å². The summed E-state index contributed by atoms with van der Waals surface area (Å²) in [7, 11) is 0. The highest BCUT2D eigenvalue weighted by atomic mass is 16.1. The first-order valence-corrected chi connectivity index (χ1v) is 7.65. The number of rotatable bonds is 2. The van der Waals surface area contributed by atoms with Gasteiger partial charge in [0, 0.05) is 0 Å². The van der Waals surface area contributed by atoms with Crippen molar-refractivity contribution >= 4 is 16.7 Å². The molecule has 0 saturated carbocycles. The Bertz CT molecular complexity index is 1090. The monoisotopic (exact) mass is 304 g/mol. The Kier molecular flexibility index (Phi) is 3.01. The van der Waals surface area contributed by atoms with Crippen LogP contribution in [0.4, 0.5) is 0 Å². The van der Waals surface area contributed by atoms with E-state index >= 15 is 0 Å². The quantitative estimate of drug-likeness (QED) is 0.572. The molecule has 0 N–H and O–H groups in total. The number of para-hydroxylation sites is 1. The highest BCUT2D eigenvalue weighted by molar-refractivity contribution is 5.81. The van der Waals surface area contributed by atoms with E-state index in [9.17, 15) is 4.79 Å². The molecule has 0 aliphatic heterocycles. The summed E-state index contributed by atoms with van der Waals surface area (Å²) in [5, 5.41) is 9.06. The van der Waals surface area contributed by atoms with Gasteiger partial charge in [0.15, 0.2) is 0 Å². The van der Waals surface area contributed by atoms with Gasteiger partial charge >= 0.3 is 0 Å². The second-order valence-electron chi connectivity index (χ2n) is 5.56. The van der Waals surface area contributed by atoms with Crippen LogP contribution in [-0.4, -0.2) is 19.2 Å². The fraction of sp³-hybridized carbons (Fsp3) is 0.167. The third kappa shape index (κ3) is 1.97. The smallest absolute Gasteiger partial charge is 0.267 e. The second kappa shape index (κ2) is 5.05. The summed E-state index contributed by atoms with van der Waals surface area (Å²) in [6.45, 7) is 3.99. The number of hydrogen-bond acceptors (Lipinski definition) is 3. The fourth-order valence-corrected chi connectivity index (χ4v) is 2.99. The van der Waals surface area contributed by atoms with Crippen molar-refractivity contribution < 1.29 is 0 Å². The van der Waals surface area contributed by atoms with Gasteiger partial charge in [-0.3, -0.25) is 9.20 Å². The summed E-state index contributed by atoms with van der Waals surface area (Å²) >= 11 is 0. The van der Waals surface area contributed by atoms with E-state index in [-0.39, 0.29) is 5.56 Å². The Hall–Kier alpha value is -2.95. The van der Waals surface area contributed by atoms with Crippen LogP contribution in [0, 0.1) is 6.92 Å². The van der Waals surface area contributed by atoms with Gasteiger partial charge in [0.2, 0.25) is 5.78 Å². The maximum Gasteiger partial charge on any atom is 0.267 e. The Morgan fingerprint density at radius 3 is 2.70 bits per heavy atom. The molecule has 0 fully saturated rings. The highest BCUT2D eigenvalue weighted by Gasteiger charge is 2.15. The number of nitrogens with zero attached hydrogens (tertiary/aromatic N) is 4. The molecule has 23 heavy (non-hydrogen) atoms. The normalized spacial score (nSPS) is 11.4. The minimum absolute atomic E-state index is 0.0752. The Morgan fingerprint density at radius 2 is 1.87 bits per heavy atom. The molecule has 114 valence electrons. The van der Waals surface area contributed by atoms with Crippen LogP contribution in [0.25, 0.3) is 22.4 Å². The van der Waals surface area contributed by atoms with Gasteiger partial charge < -0.3 is 0 Å². The van der Waals surface area contributed by atoms with Gasteiger partial charge in [-0.25, -0.2) is 4.57 Å². The molecule has 5 nitrogen and oxygen atoms in total. The average Bonchev–Trinajstić information content (AvgIpc) is 2.97. The molecule has 4 rings (SSSR count). The van der Waals surface area contributed by atoms with Crippen LogP contribution in [0.5, 0.6) is 0 Å². The zero-order chi connectivity index (χ0) is 16.0. The molecular weight excluding hydrogens is 288 g/mol. The SMILES string of the molecule is CCc1cccc(-n2c(=O)c3ccccc3n3c(C)nnc23)c1. The molecule has 0 radical (unpaired) electrons. The predicted octanol–water partition coefficient (Wildman–Crippen LogP) is 2.90. The largest absolute Gasteiger partial charge is 0.268 e. The molecule has 0 saturated heterocycles. The lowest BCUT2D eigenvalue weighted by atomic mass is 10.1. The molecule has 0 unspecified atom stereocenters. The van der Waals surface area contributed by atoms with Gasteiger partial charge in [-0.15, -0.1) is 10.2 Å². The topological polar surface area (TPSA) is 52.2 Å². The minimum atomic E-state index is -0.0752.